The molecule has 0 aliphatic carbocycles. The number of aromatic nitrogens is 2. The Kier molecular flexibility index (Phi) is 15.6. The maximum Gasteiger partial charge on any atom is 0.417 e. The van der Waals surface area contributed by atoms with Gasteiger partial charge in [0.1, 0.15) is 0 Å². The lowest BCUT2D eigenvalue weighted by Gasteiger charge is -2.21. The van der Waals surface area contributed by atoms with Gasteiger partial charge in [0, 0.05) is 38.4 Å². The molecule has 3 nitrogen and oxygen atoms in total. The molecule has 0 radical (unpaired) electrons. The lowest BCUT2D eigenvalue weighted by Crippen LogP contribution is -2.12. The Morgan fingerprint density at radius 3 is 0.847 bits per heavy atom. The van der Waals surface area contributed by atoms with E-state index in [1.807, 2.05) is 100 Å². The average Bonchev–Trinajstić information content (AvgIpc) is 1.23. The van der Waals surface area contributed by atoms with Crippen LogP contribution < -0.4 is 0 Å². The van der Waals surface area contributed by atoms with Crippen LogP contribution in [-0.4, -0.2) is 9.13 Å². The Morgan fingerprint density at radius 1 is 0.265 bits per heavy atom. The number of halogens is 18. The number of hydrogen-bond donors (Lipinski definition) is 0. The largest absolute Gasteiger partial charge is 0.417 e. The Morgan fingerprint density at radius 2 is 0.541 bits per heavy atom. The normalized spacial score (nSPS) is 12.8. The van der Waals surface area contributed by atoms with E-state index in [9.17, 15) is 65.9 Å². The van der Waals surface area contributed by atoms with Gasteiger partial charge >= 0.3 is 37.1 Å². The van der Waals surface area contributed by atoms with E-state index in [1.54, 1.807) is 4.57 Å². The molecule has 2 heterocycles. The Balaban J connectivity index is 1.14. The monoisotopic (exact) mass is 1350 g/mol. The summed E-state index contributed by atoms with van der Waals surface area (Å²) in [6.45, 7) is 16.0. The molecule has 13 aromatic rings. The number of nitrogens with zero attached hydrogens (tertiary/aromatic N) is 3. The number of alkyl halides is 18. The maximum atomic E-state index is 15.4. The molecule has 0 N–H and O–H groups in total. The van der Waals surface area contributed by atoms with E-state index in [4.69, 9.17) is 6.57 Å². The highest BCUT2D eigenvalue weighted by molar-refractivity contribution is 6.14. The highest BCUT2D eigenvalue weighted by Gasteiger charge is 2.42. The molecule has 21 heteroatoms. The van der Waals surface area contributed by atoms with Crippen LogP contribution in [0.4, 0.5) is 84.7 Å². The first-order chi connectivity index (χ1) is 46.0. The van der Waals surface area contributed by atoms with Crippen LogP contribution >= 0.6 is 0 Å². The minimum absolute atomic E-state index is 0.00974. The molecule has 0 aliphatic rings. The zero-order valence-electron chi connectivity index (χ0n) is 51.2. The summed E-state index contributed by atoms with van der Waals surface area (Å²) in [6.07, 6.45) is -31.8. The van der Waals surface area contributed by atoms with E-state index in [-0.39, 0.29) is 84.9 Å². The summed E-state index contributed by atoms with van der Waals surface area (Å²) in [5.74, 6) is 0. The molecule has 0 bridgehead atoms. The first kappa shape index (κ1) is 65.9. The van der Waals surface area contributed by atoms with Crippen LogP contribution in [0, 0.1) is 34.3 Å². The predicted octanol–water partition coefficient (Wildman–Crippen LogP) is 25.8. The summed E-state index contributed by atoms with van der Waals surface area (Å²) in [5, 5.41) is 1.11. The van der Waals surface area contributed by atoms with Crippen LogP contribution in [0.3, 0.4) is 0 Å². The van der Waals surface area contributed by atoms with Crippen LogP contribution in [-0.2, 0) is 37.1 Å². The summed E-state index contributed by atoms with van der Waals surface area (Å²) in [5.41, 5.74) is -4.56. The second kappa shape index (κ2) is 23.2. The first-order valence-electron chi connectivity index (χ1n) is 29.8. The van der Waals surface area contributed by atoms with Crippen molar-refractivity contribution in [1.29, 1.82) is 0 Å². The summed E-state index contributed by atoms with van der Waals surface area (Å²) in [7, 11) is 0. The van der Waals surface area contributed by atoms with E-state index in [0.717, 1.165) is 68.8 Å². The van der Waals surface area contributed by atoms with Gasteiger partial charge in [-0.3, -0.25) is 0 Å². The lowest BCUT2D eigenvalue weighted by atomic mass is 9.93. The fourth-order valence-electron chi connectivity index (χ4n) is 13.2. The Hall–Kier alpha value is -10.8. The Labute approximate surface area is 545 Å². The van der Waals surface area contributed by atoms with Gasteiger partial charge in [0.2, 0.25) is 0 Å². The second-order valence-corrected chi connectivity index (χ2v) is 24.0. The molecule has 0 atom stereocenters. The van der Waals surface area contributed by atoms with Gasteiger partial charge in [-0.15, -0.1) is 0 Å². The predicted molar refractivity (Wildman–Crippen MR) is 343 cm³/mol. The third kappa shape index (κ3) is 11.8. The number of fused-ring (bicyclic) bond motifs is 6. The zero-order valence-corrected chi connectivity index (χ0v) is 51.2. The SMILES string of the molecule is [C-]#[N+]c1ccc(-c2ccc(-c3ccc(C(F)(F)F)cc3C(F)(F)F)cc2-n2c3ccc(-c4ccc(C)cc4C)cc3c3cc(-c4ccc(C)cc4C)ccc32)c(-n2c3ccc(-c4ccc(C(F)(F)F)cc4C(F)(F)F)cc3c3cc(-c4ccc(C(F)(F)F)cc4C(F)(F)F)ccc32)c1. The van der Waals surface area contributed by atoms with Crippen molar-refractivity contribution in [2.75, 3.05) is 0 Å². The van der Waals surface area contributed by atoms with Gasteiger partial charge in [0.15, 0.2) is 5.69 Å². The summed E-state index contributed by atoms with van der Waals surface area (Å²) in [6, 6.07) is 41.6. The van der Waals surface area contributed by atoms with Gasteiger partial charge in [0.25, 0.3) is 0 Å². The van der Waals surface area contributed by atoms with Crippen molar-refractivity contribution < 1.29 is 79.0 Å². The standard InChI is InChI=1S/C77H45F18N3/c1-39-6-17-52(41(3)28-39)43-9-24-66-59(30-43)60-31-44(53-18-7-40(2)29-42(53)4)10-25-67(60)97(66)70-34-47(56-22-15-50(74(84,85)86)37-65(56)77(93,94)95)8-19-57(70)58-23-16-51(96-5)38-71(58)98-68-26-11-45(54-20-13-48(72(78,79)80)35-63(54)75(87,88)89)32-61(68)62-33-46(12-27-69(62)98)55-21-14-49(73(81,82)83)36-64(55)76(90,91)92/h6-38H,1-4H3. The molecule has 13 rings (SSSR count). The molecule has 0 fully saturated rings. The molecule has 98 heavy (non-hydrogen) atoms. The van der Waals surface area contributed by atoms with Crippen LogP contribution in [0.5, 0.6) is 0 Å². The molecule has 2 aromatic heterocycles. The number of aryl methyl sites for hydroxylation is 4. The van der Waals surface area contributed by atoms with Crippen molar-refractivity contribution in [2.45, 2.75) is 64.8 Å². The minimum atomic E-state index is -5.41. The van der Waals surface area contributed by atoms with Crippen molar-refractivity contribution in [1.82, 2.24) is 9.13 Å². The fourth-order valence-corrected chi connectivity index (χ4v) is 13.2. The van der Waals surface area contributed by atoms with Gasteiger partial charge in [-0.1, -0.05) is 114 Å². The minimum Gasteiger partial charge on any atom is -0.310 e. The number of hydrogen-bond acceptors (Lipinski definition) is 0. The average molecular weight is 1350 g/mol. The van der Waals surface area contributed by atoms with E-state index in [2.05, 4.69) is 4.85 Å². The molecule has 0 saturated heterocycles. The number of benzene rings is 11. The molecule has 0 spiro atoms. The molecule has 494 valence electrons. The summed E-state index contributed by atoms with van der Waals surface area (Å²) < 4.78 is 266. The van der Waals surface area contributed by atoms with Gasteiger partial charge in [0.05, 0.1) is 67.7 Å². The van der Waals surface area contributed by atoms with E-state index >= 15 is 13.2 Å². The molecule has 11 aromatic carbocycles. The van der Waals surface area contributed by atoms with E-state index < -0.39 is 87.1 Å². The van der Waals surface area contributed by atoms with Crippen LogP contribution in [0.1, 0.15) is 55.6 Å². The van der Waals surface area contributed by atoms with Crippen molar-refractivity contribution in [3.05, 3.63) is 267 Å². The van der Waals surface area contributed by atoms with Crippen LogP contribution in [0.25, 0.3) is 127 Å². The fraction of sp³-hybridized carbons (Fsp3) is 0.130. The highest BCUT2D eigenvalue weighted by Crippen LogP contribution is 2.50. The molecular formula is C77H45F18N3. The third-order valence-electron chi connectivity index (χ3n) is 17.7. The molecule has 0 unspecified atom stereocenters. The van der Waals surface area contributed by atoms with Crippen molar-refractivity contribution in [2.24, 2.45) is 0 Å². The first-order valence-corrected chi connectivity index (χ1v) is 29.8. The van der Waals surface area contributed by atoms with Crippen molar-refractivity contribution in [3.63, 3.8) is 0 Å². The Bertz CT molecular complexity index is 5250. The van der Waals surface area contributed by atoms with Gasteiger partial charge in [-0.2, -0.15) is 79.0 Å². The van der Waals surface area contributed by atoms with Gasteiger partial charge in [-0.25, -0.2) is 4.85 Å². The lowest BCUT2D eigenvalue weighted by molar-refractivity contribution is -0.144. The molecular weight excluding hydrogens is 1310 g/mol. The van der Waals surface area contributed by atoms with Crippen LogP contribution in [0.2, 0.25) is 0 Å². The number of rotatable bonds is 8. The van der Waals surface area contributed by atoms with Crippen molar-refractivity contribution >= 4 is 49.3 Å². The van der Waals surface area contributed by atoms with Crippen LogP contribution in [0.15, 0.2) is 200 Å². The van der Waals surface area contributed by atoms with E-state index in [1.165, 1.54) is 53.1 Å². The summed E-state index contributed by atoms with van der Waals surface area (Å²) >= 11 is 0. The smallest absolute Gasteiger partial charge is 0.310 e. The van der Waals surface area contributed by atoms with Gasteiger partial charge < -0.3 is 9.13 Å². The quantitative estimate of drug-likeness (QED) is 0.106. The topological polar surface area (TPSA) is 14.2 Å². The van der Waals surface area contributed by atoms with Crippen molar-refractivity contribution in [3.8, 4) is 78.1 Å². The maximum absolute atomic E-state index is 15.4. The molecule has 0 aliphatic heterocycles. The van der Waals surface area contributed by atoms with Gasteiger partial charge in [-0.05, 0) is 192 Å². The highest BCUT2D eigenvalue weighted by atomic mass is 19.4. The zero-order chi connectivity index (χ0) is 70.2. The molecule has 0 saturated carbocycles. The van der Waals surface area contributed by atoms with E-state index in [0.29, 0.717) is 58.2 Å². The second-order valence-electron chi connectivity index (χ2n) is 24.0. The third-order valence-corrected chi connectivity index (χ3v) is 17.7. The molecule has 0 amide bonds. The summed E-state index contributed by atoms with van der Waals surface area (Å²) in [4.78, 5) is 3.68.